The van der Waals surface area contributed by atoms with Gasteiger partial charge in [0.1, 0.15) is 0 Å². The van der Waals surface area contributed by atoms with Gasteiger partial charge in [0, 0.05) is 32.8 Å². The SMILES string of the molecule is C#CCCC1(CCC(=O)NC(C(=O)O)C2(OC)CCCC2)N=N1. The molecule has 7 heteroatoms. The number of nitrogens with zero attached hydrogens (tertiary/aromatic N) is 2. The molecule has 1 aliphatic carbocycles. The van der Waals surface area contributed by atoms with E-state index >= 15 is 0 Å². The molecule has 1 heterocycles. The van der Waals surface area contributed by atoms with Gasteiger partial charge in [-0.1, -0.05) is 12.8 Å². The van der Waals surface area contributed by atoms with Crippen LogP contribution in [0.25, 0.3) is 0 Å². The van der Waals surface area contributed by atoms with Gasteiger partial charge in [0.25, 0.3) is 0 Å². The third-order valence-electron chi connectivity index (χ3n) is 4.74. The third-order valence-corrected chi connectivity index (χ3v) is 4.74. The van der Waals surface area contributed by atoms with Gasteiger partial charge in [-0.15, -0.1) is 12.3 Å². The quantitative estimate of drug-likeness (QED) is 0.633. The zero-order valence-electron chi connectivity index (χ0n) is 13.4. The Morgan fingerprint density at radius 3 is 2.48 bits per heavy atom. The first kappa shape index (κ1) is 17.4. The number of rotatable bonds is 9. The average Bonchev–Trinajstić information content (AvgIpc) is 3.15. The van der Waals surface area contributed by atoms with Gasteiger partial charge in [-0.3, -0.25) is 4.79 Å². The van der Waals surface area contributed by atoms with Gasteiger partial charge < -0.3 is 15.2 Å². The van der Waals surface area contributed by atoms with Crippen molar-refractivity contribution in [3.05, 3.63) is 0 Å². The molecule has 2 aliphatic rings. The normalized spacial score (nSPS) is 21.4. The maximum Gasteiger partial charge on any atom is 0.329 e. The van der Waals surface area contributed by atoms with Crippen molar-refractivity contribution in [1.82, 2.24) is 5.32 Å². The van der Waals surface area contributed by atoms with E-state index in [2.05, 4.69) is 21.5 Å². The number of hydrogen-bond acceptors (Lipinski definition) is 5. The number of amides is 1. The lowest BCUT2D eigenvalue weighted by Crippen LogP contribution is -2.56. The number of carboxylic acids is 1. The van der Waals surface area contributed by atoms with Crippen molar-refractivity contribution in [3.63, 3.8) is 0 Å². The Morgan fingerprint density at radius 1 is 1.35 bits per heavy atom. The molecule has 0 saturated heterocycles. The smallest absolute Gasteiger partial charge is 0.329 e. The summed E-state index contributed by atoms with van der Waals surface area (Å²) in [5.74, 6) is 1.15. The van der Waals surface area contributed by atoms with E-state index in [1.54, 1.807) is 0 Å². The van der Waals surface area contributed by atoms with E-state index in [9.17, 15) is 14.7 Å². The Morgan fingerprint density at radius 2 is 2.00 bits per heavy atom. The fourth-order valence-electron chi connectivity index (χ4n) is 3.22. The van der Waals surface area contributed by atoms with Crippen LogP contribution in [0.3, 0.4) is 0 Å². The fraction of sp³-hybridized carbons (Fsp3) is 0.750. The summed E-state index contributed by atoms with van der Waals surface area (Å²) in [7, 11) is 1.50. The molecule has 126 valence electrons. The highest BCUT2D eigenvalue weighted by Crippen LogP contribution is 2.38. The van der Waals surface area contributed by atoms with Crippen LogP contribution in [0, 0.1) is 12.3 Å². The molecule has 1 unspecified atom stereocenters. The third kappa shape index (κ3) is 4.08. The van der Waals surface area contributed by atoms with Crippen LogP contribution in [0.15, 0.2) is 10.2 Å². The van der Waals surface area contributed by atoms with Gasteiger partial charge in [0.2, 0.25) is 5.91 Å². The summed E-state index contributed by atoms with van der Waals surface area (Å²) in [6.07, 6.45) is 10.1. The van der Waals surface area contributed by atoms with Gasteiger partial charge in [-0.05, 0) is 12.8 Å². The van der Waals surface area contributed by atoms with Crippen molar-refractivity contribution in [1.29, 1.82) is 0 Å². The van der Waals surface area contributed by atoms with E-state index in [1.807, 2.05) is 0 Å². The van der Waals surface area contributed by atoms with Crippen molar-refractivity contribution in [2.24, 2.45) is 10.2 Å². The Bertz CT molecular complexity index is 526. The molecule has 1 fully saturated rings. The first-order valence-corrected chi connectivity index (χ1v) is 7.92. The molecule has 1 atom stereocenters. The van der Waals surface area contributed by atoms with Gasteiger partial charge in [-0.2, -0.15) is 10.2 Å². The topological polar surface area (TPSA) is 100 Å². The number of carbonyl (C=O) groups excluding carboxylic acids is 1. The molecule has 0 aromatic rings. The molecule has 1 saturated carbocycles. The van der Waals surface area contributed by atoms with E-state index < -0.39 is 23.3 Å². The van der Waals surface area contributed by atoms with Crippen molar-refractivity contribution in [2.75, 3.05) is 7.11 Å². The Labute approximate surface area is 135 Å². The Hall–Kier alpha value is -1.94. The molecule has 0 radical (unpaired) electrons. The molecule has 0 aromatic heterocycles. The minimum Gasteiger partial charge on any atom is -0.480 e. The highest BCUT2D eigenvalue weighted by atomic mass is 16.5. The predicted molar refractivity (Wildman–Crippen MR) is 82.7 cm³/mol. The second-order valence-electron chi connectivity index (χ2n) is 6.20. The molecule has 2 N–H and O–H groups in total. The number of aliphatic carboxylic acids is 1. The van der Waals surface area contributed by atoms with Crippen LogP contribution in [-0.2, 0) is 14.3 Å². The molecular formula is C16H23N3O4. The number of carbonyl (C=O) groups is 2. The number of nitrogens with one attached hydrogen (secondary N) is 1. The van der Waals surface area contributed by atoms with Crippen molar-refractivity contribution in [3.8, 4) is 12.3 Å². The minimum atomic E-state index is -1.06. The highest BCUT2D eigenvalue weighted by molar-refractivity contribution is 5.84. The number of hydrogen-bond donors (Lipinski definition) is 2. The molecule has 0 bridgehead atoms. The van der Waals surface area contributed by atoms with Crippen LogP contribution in [-0.4, -0.2) is 41.4 Å². The number of methoxy groups -OCH3 is 1. The summed E-state index contributed by atoms with van der Waals surface area (Å²) in [5, 5.41) is 20.0. The number of terminal acetylenes is 1. The minimum absolute atomic E-state index is 0.168. The lowest BCUT2D eigenvalue weighted by molar-refractivity contribution is -0.152. The average molecular weight is 321 g/mol. The van der Waals surface area contributed by atoms with E-state index in [0.29, 0.717) is 32.1 Å². The van der Waals surface area contributed by atoms with Gasteiger partial charge in [0.05, 0.1) is 5.60 Å². The van der Waals surface area contributed by atoms with Crippen molar-refractivity contribution < 1.29 is 19.4 Å². The molecule has 2 rings (SSSR count). The Balaban J connectivity index is 1.89. The summed E-state index contributed by atoms with van der Waals surface area (Å²) < 4.78 is 5.48. The summed E-state index contributed by atoms with van der Waals surface area (Å²) in [6.45, 7) is 0. The lowest BCUT2D eigenvalue weighted by Gasteiger charge is -2.34. The molecule has 1 aliphatic heterocycles. The summed E-state index contributed by atoms with van der Waals surface area (Å²) in [4.78, 5) is 23.8. The second-order valence-corrected chi connectivity index (χ2v) is 6.20. The van der Waals surface area contributed by atoms with E-state index in [1.165, 1.54) is 7.11 Å². The zero-order chi connectivity index (χ0) is 16.9. The highest BCUT2D eigenvalue weighted by Gasteiger charge is 2.47. The van der Waals surface area contributed by atoms with Gasteiger partial charge >= 0.3 is 5.97 Å². The Kier molecular flexibility index (Phi) is 5.37. The number of ether oxygens (including phenoxy) is 1. The van der Waals surface area contributed by atoms with E-state index in [4.69, 9.17) is 11.2 Å². The molecule has 1 amide bonds. The maximum absolute atomic E-state index is 12.2. The van der Waals surface area contributed by atoms with Crippen LogP contribution >= 0.6 is 0 Å². The van der Waals surface area contributed by atoms with Crippen LogP contribution < -0.4 is 5.32 Å². The van der Waals surface area contributed by atoms with Crippen LogP contribution in [0.1, 0.15) is 51.4 Å². The zero-order valence-corrected chi connectivity index (χ0v) is 13.4. The van der Waals surface area contributed by atoms with Crippen LogP contribution in [0.5, 0.6) is 0 Å². The second kappa shape index (κ2) is 7.09. The molecule has 7 nitrogen and oxygen atoms in total. The van der Waals surface area contributed by atoms with Crippen LogP contribution in [0.4, 0.5) is 0 Å². The summed E-state index contributed by atoms with van der Waals surface area (Å²) in [6, 6.07) is -1.03. The maximum atomic E-state index is 12.2. The largest absolute Gasteiger partial charge is 0.480 e. The first-order valence-electron chi connectivity index (χ1n) is 7.92. The molecule has 23 heavy (non-hydrogen) atoms. The molecular weight excluding hydrogens is 298 g/mol. The van der Waals surface area contributed by atoms with Crippen molar-refractivity contribution in [2.45, 2.75) is 68.7 Å². The lowest BCUT2D eigenvalue weighted by atomic mass is 9.91. The first-order chi connectivity index (χ1) is 11.0. The molecule has 0 aromatic carbocycles. The van der Waals surface area contributed by atoms with Crippen LogP contribution in [0.2, 0.25) is 0 Å². The van der Waals surface area contributed by atoms with E-state index in [0.717, 1.165) is 12.8 Å². The molecule has 0 spiro atoms. The van der Waals surface area contributed by atoms with Crippen molar-refractivity contribution >= 4 is 11.9 Å². The standard InChI is InChI=1S/C16H23N3O4/c1-3-4-10-16(18-19-16)11-7-12(20)17-13(14(21)22)15(23-2)8-5-6-9-15/h1,13H,4-11H2,2H3,(H,17,20)(H,21,22). The summed E-state index contributed by atoms with van der Waals surface area (Å²) >= 11 is 0. The summed E-state index contributed by atoms with van der Waals surface area (Å²) in [5.41, 5.74) is -1.34. The number of carboxylic acid groups (broad SMARTS) is 1. The monoisotopic (exact) mass is 321 g/mol. The van der Waals surface area contributed by atoms with Gasteiger partial charge in [0.15, 0.2) is 11.7 Å². The fourth-order valence-corrected chi connectivity index (χ4v) is 3.22. The van der Waals surface area contributed by atoms with E-state index in [-0.39, 0.29) is 12.3 Å². The van der Waals surface area contributed by atoms with Gasteiger partial charge in [-0.25, -0.2) is 4.79 Å². The predicted octanol–water partition coefficient (Wildman–Crippen LogP) is 1.87.